The van der Waals surface area contributed by atoms with Crippen LogP contribution in [0.5, 0.6) is 0 Å². The average molecular weight is 290 g/mol. The summed E-state index contributed by atoms with van der Waals surface area (Å²) < 4.78 is 23.3. The molecular weight excluding hydrogens is 268 g/mol. The minimum atomic E-state index is -2.85. The van der Waals surface area contributed by atoms with Crippen molar-refractivity contribution in [3.8, 4) is 0 Å². The molecule has 110 valence electrons. The van der Waals surface area contributed by atoms with Crippen molar-refractivity contribution >= 4 is 15.8 Å². The first-order chi connectivity index (χ1) is 8.96. The molecule has 0 bridgehead atoms. The maximum absolute atomic E-state index is 11.6. The molecule has 2 saturated heterocycles. The van der Waals surface area contributed by atoms with Crippen LogP contribution in [0.2, 0.25) is 0 Å². The first-order valence-electron chi connectivity index (χ1n) is 6.85. The highest BCUT2D eigenvalue weighted by atomic mass is 32.2. The lowest BCUT2D eigenvalue weighted by atomic mass is 10.1. The van der Waals surface area contributed by atoms with E-state index in [1.54, 1.807) is 0 Å². The van der Waals surface area contributed by atoms with E-state index in [-0.39, 0.29) is 12.5 Å². The van der Waals surface area contributed by atoms with E-state index in [0.717, 1.165) is 39.0 Å². The lowest BCUT2D eigenvalue weighted by molar-refractivity contribution is -0.137. The van der Waals surface area contributed by atoms with Crippen LogP contribution in [0.4, 0.5) is 0 Å². The fourth-order valence-electron chi connectivity index (χ4n) is 2.89. The first kappa shape index (κ1) is 14.7. The molecule has 0 aromatic carbocycles. The quantitative estimate of drug-likeness (QED) is 0.763. The standard InChI is InChI=1S/C12H22N2O4S/c15-12(16)3-4-13-5-7-14(8-6-13)11-2-1-9-19(17,18)10-11/h11H,1-10H2,(H,15,16). The van der Waals surface area contributed by atoms with Gasteiger partial charge in [-0.25, -0.2) is 8.42 Å². The molecule has 0 radical (unpaired) electrons. The maximum Gasteiger partial charge on any atom is 0.304 e. The Morgan fingerprint density at radius 2 is 1.89 bits per heavy atom. The van der Waals surface area contributed by atoms with Crippen LogP contribution >= 0.6 is 0 Å². The van der Waals surface area contributed by atoms with Crippen LogP contribution in [0.3, 0.4) is 0 Å². The number of carbonyl (C=O) groups is 1. The third kappa shape index (κ3) is 4.43. The molecular formula is C12H22N2O4S. The SMILES string of the molecule is O=C(O)CCN1CCN(C2CCCS(=O)(=O)C2)CC1. The van der Waals surface area contributed by atoms with Crippen LogP contribution in [0.1, 0.15) is 19.3 Å². The van der Waals surface area contributed by atoms with E-state index in [1.165, 1.54) is 0 Å². The summed E-state index contributed by atoms with van der Waals surface area (Å²) in [6.07, 6.45) is 1.92. The van der Waals surface area contributed by atoms with E-state index < -0.39 is 15.8 Å². The number of sulfone groups is 1. The molecule has 2 rings (SSSR count). The molecule has 6 nitrogen and oxygen atoms in total. The zero-order valence-corrected chi connectivity index (χ0v) is 11.9. The Morgan fingerprint density at radius 1 is 1.21 bits per heavy atom. The van der Waals surface area contributed by atoms with Crippen LogP contribution in [0.15, 0.2) is 0 Å². The molecule has 1 atom stereocenters. The van der Waals surface area contributed by atoms with Gasteiger partial charge in [0.05, 0.1) is 17.9 Å². The number of nitrogens with zero attached hydrogens (tertiary/aromatic N) is 2. The van der Waals surface area contributed by atoms with Gasteiger partial charge in [-0.15, -0.1) is 0 Å². The van der Waals surface area contributed by atoms with Gasteiger partial charge in [-0.2, -0.15) is 0 Å². The van der Waals surface area contributed by atoms with Crippen molar-refractivity contribution in [2.75, 3.05) is 44.2 Å². The van der Waals surface area contributed by atoms with Gasteiger partial charge < -0.3 is 10.0 Å². The van der Waals surface area contributed by atoms with E-state index in [9.17, 15) is 13.2 Å². The molecule has 7 heteroatoms. The fraction of sp³-hybridized carbons (Fsp3) is 0.917. The Bertz CT molecular complexity index is 415. The molecule has 0 saturated carbocycles. The zero-order valence-electron chi connectivity index (χ0n) is 11.1. The van der Waals surface area contributed by atoms with Gasteiger partial charge >= 0.3 is 5.97 Å². The average Bonchev–Trinajstić information content (AvgIpc) is 2.36. The Hall–Kier alpha value is -0.660. The number of rotatable bonds is 4. The van der Waals surface area contributed by atoms with Crippen LogP contribution in [-0.2, 0) is 14.6 Å². The number of carboxylic acid groups (broad SMARTS) is 1. The molecule has 2 aliphatic heterocycles. The Labute approximate surface area is 114 Å². The van der Waals surface area contributed by atoms with Crippen molar-refractivity contribution in [1.29, 1.82) is 0 Å². The molecule has 0 spiro atoms. The van der Waals surface area contributed by atoms with Gasteiger partial charge in [-0.3, -0.25) is 9.69 Å². The van der Waals surface area contributed by atoms with Gasteiger partial charge in [0.25, 0.3) is 0 Å². The smallest absolute Gasteiger partial charge is 0.304 e. The molecule has 2 heterocycles. The molecule has 0 aromatic rings. The molecule has 1 unspecified atom stereocenters. The van der Waals surface area contributed by atoms with Gasteiger partial charge in [0.1, 0.15) is 0 Å². The van der Waals surface area contributed by atoms with Crippen LogP contribution < -0.4 is 0 Å². The Morgan fingerprint density at radius 3 is 2.47 bits per heavy atom. The predicted molar refractivity (Wildman–Crippen MR) is 71.9 cm³/mol. The van der Waals surface area contributed by atoms with Gasteiger partial charge in [-0.05, 0) is 12.8 Å². The molecule has 2 aliphatic rings. The lowest BCUT2D eigenvalue weighted by Gasteiger charge is -2.40. The minimum Gasteiger partial charge on any atom is -0.481 e. The number of carboxylic acids is 1. The summed E-state index contributed by atoms with van der Waals surface area (Å²) in [4.78, 5) is 14.9. The van der Waals surface area contributed by atoms with Crippen molar-refractivity contribution in [2.45, 2.75) is 25.3 Å². The summed E-state index contributed by atoms with van der Waals surface area (Å²) >= 11 is 0. The second kappa shape index (κ2) is 6.19. The number of piperazine rings is 1. The minimum absolute atomic E-state index is 0.167. The molecule has 0 amide bonds. The van der Waals surface area contributed by atoms with E-state index >= 15 is 0 Å². The normalized spacial score (nSPS) is 29.2. The largest absolute Gasteiger partial charge is 0.481 e. The monoisotopic (exact) mass is 290 g/mol. The topological polar surface area (TPSA) is 77.9 Å². The third-order valence-corrected chi connectivity index (χ3v) is 5.81. The van der Waals surface area contributed by atoms with E-state index in [1.807, 2.05) is 0 Å². The van der Waals surface area contributed by atoms with Crippen LogP contribution in [0.25, 0.3) is 0 Å². The summed E-state index contributed by atoms with van der Waals surface area (Å²) in [5.41, 5.74) is 0. The predicted octanol–water partition coefficient (Wildman–Crippen LogP) is -0.344. The van der Waals surface area contributed by atoms with E-state index in [4.69, 9.17) is 5.11 Å². The third-order valence-electron chi connectivity index (χ3n) is 4.00. The zero-order chi connectivity index (χ0) is 13.9. The molecule has 0 aliphatic carbocycles. The summed E-state index contributed by atoms with van der Waals surface area (Å²) in [5, 5.41) is 8.65. The second-order valence-corrected chi connectivity index (χ2v) is 7.66. The first-order valence-corrected chi connectivity index (χ1v) is 8.67. The lowest BCUT2D eigenvalue weighted by Crippen LogP contribution is -2.53. The molecule has 1 N–H and O–H groups in total. The highest BCUT2D eigenvalue weighted by molar-refractivity contribution is 7.91. The summed E-state index contributed by atoms with van der Waals surface area (Å²) in [5.74, 6) is -0.134. The molecule has 0 aromatic heterocycles. The van der Waals surface area contributed by atoms with E-state index in [0.29, 0.717) is 18.1 Å². The summed E-state index contributed by atoms with van der Waals surface area (Å²) in [6, 6.07) is 0.167. The molecule has 2 fully saturated rings. The van der Waals surface area contributed by atoms with Gasteiger partial charge in [0.15, 0.2) is 9.84 Å². The highest BCUT2D eigenvalue weighted by Gasteiger charge is 2.30. The summed E-state index contributed by atoms with van der Waals surface area (Å²) in [6.45, 7) is 3.96. The Balaban J connectivity index is 1.78. The molecule has 19 heavy (non-hydrogen) atoms. The van der Waals surface area contributed by atoms with E-state index in [2.05, 4.69) is 9.80 Å². The van der Waals surface area contributed by atoms with Crippen molar-refractivity contribution in [3.05, 3.63) is 0 Å². The highest BCUT2D eigenvalue weighted by Crippen LogP contribution is 2.19. The number of hydrogen-bond acceptors (Lipinski definition) is 5. The van der Waals surface area contributed by atoms with Gasteiger partial charge in [0, 0.05) is 38.8 Å². The van der Waals surface area contributed by atoms with Crippen molar-refractivity contribution in [2.24, 2.45) is 0 Å². The van der Waals surface area contributed by atoms with Crippen molar-refractivity contribution in [1.82, 2.24) is 9.80 Å². The number of hydrogen-bond donors (Lipinski definition) is 1. The van der Waals surface area contributed by atoms with Gasteiger partial charge in [0.2, 0.25) is 0 Å². The maximum atomic E-state index is 11.6. The van der Waals surface area contributed by atoms with Crippen LogP contribution in [0, 0.1) is 0 Å². The fourth-order valence-corrected chi connectivity index (χ4v) is 4.63. The Kier molecular flexibility index (Phi) is 4.81. The van der Waals surface area contributed by atoms with Crippen molar-refractivity contribution < 1.29 is 18.3 Å². The number of aliphatic carboxylic acids is 1. The van der Waals surface area contributed by atoms with Crippen LogP contribution in [-0.4, -0.2) is 79.6 Å². The van der Waals surface area contributed by atoms with Crippen molar-refractivity contribution in [3.63, 3.8) is 0 Å². The summed E-state index contributed by atoms with van der Waals surface area (Å²) in [7, 11) is -2.85. The van der Waals surface area contributed by atoms with Gasteiger partial charge in [-0.1, -0.05) is 0 Å². The second-order valence-electron chi connectivity index (χ2n) is 5.43.